The highest BCUT2D eigenvalue weighted by atomic mass is 35.5. The topological polar surface area (TPSA) is 80.4 Å². The molecule has 1 aromatic heterocycles. The van der Waals surface area contributed by atoms with Gasteiger partial charge in [0.2, 0.25) is 0 Å². The summed E-state index contributed by atoms with van der Waals surface area (Å²) < 4.78 is 5.10. The molecule has 0 radical (unpaired) electrons. The Morgan fingerprint density at radius 3 is 2.83 bits per heavy atom. The Hall–Kier alpha value is -1.88. The molecule has 2 atom stereocenters. The minimum Gasteiger partial charge on any atom is -0.481 e. The van der Waals surface area contributed by atoms with E-state index in [0.29, 0.717) is 28.1 Å². The third-order valence-corrected chi connectivity index (χ3v) is 3.41. The molecule has 0 saturated heterocycles. The SMILES string of the molecule is O=C(O)C1CC1C(=O)c1cc(Cl)c2ncoc2c1. The van der Waals surface area contributed by atoms with Crippen LogP contribution in [0.2, 0.25) is 5.02 Å². The smallest absolute Gasteiger partial charge is 0.307 e. The number of nitrogens with zero attached hydrogens (tertiary/aromatic N) is 1. The van der Waals surface area contributed by atoms with Gasteiger partial charge >= 0.3 is 5.97 Å². The number of aliphatic carboxylic acids is 1. The predicted molar refractivity (Wildman–Crippen MR) is 62.6 cm³/mol. The zero-order valence-electron chi connectivity index (χ0n) is 9.09. The molecular weight excluding hydrogens is 258 g/mol. The third-order valence-electron chi connectivity index (χ3n) is 3.12. The molecule has 1 N–H and O–H groups in total. The molecule has 1 aliphatic rings. The van der Waals surface area contributed by atoms with Crippen LogP contribution in [0.4, 0.5) is 0 Å². The maximum atomic E-state index is 12.1. The Bertz CT molecular complexity index is 663. The molecule has 1 aromatic carbocycles. The van der Waals surface area contributed by atoms with Crippen molar-refractivity contribution >= 4 is 34.5 Å². The number of hydrogen-bond acceptors (Lipinski definition) is 4. The van der Waals surface area contributed by atoms with Crippen LogP contribution in [0.25, 0.3) is 11.1 Å². The fourth-order valence-electron chi connectivity index (χ4n) is 2.04. The summed E-state index contributed by atoms with van der Waals surface area (Å²) in [6.07, 6.45) is 1.64. The number of ketones is 1. The van der Waals surface area contributed by atoms with E-state index in [1.54, 1.807) is 6.07 Å². The first-order valence-electron chi connectivity index (χ1n) is 5.37. The van der Waals surface area contributed by atoms with Gasteiger partial charge in [0.15, 0.2) is 17.8 Å². The van der Waals surface area contributed by atoms with Gasteiger partial charge in [-0.3, -0.25) is 9.59 Å². The number of carboxylic acids is 1. The quantitative estimate of drug-likeness (QED) is 0.862. The molecule has 6 heteroatoms. The van der Waals surface area contributed by atoms with E-state index in [2.05, 4.69) is 4.98 Å². The summed E-state index contributed by atoms with van der Waals surface area (Å²) >= 11 is 5.98. The van der Waals surface area contributed by atoms with Crippen LogP contribution in [0.3, 0.4) is 0 Å². The van der Waals surface area contributed by atoms with E-state index in [1.807, 2.05) is 0 Å². The van der Waals surface area contributed by atoms with Gasteiger partial charge in [-0.2, -0.15) is 0 Å². The van der Waals surface area contributed by atoms with Crippen molar-refractivity contribution in [1.82, 2.24) is 4.98 Å². The largest absolute Gasteiger partial charge is 0.481 e. The number of aromatic nitrogens is 1. The molecule has 3 rings (SSSR count). The summed E-state index contributed by atoms with van der Waals surface area (Å²) in [5.74, 6) is -2.15. The summed E-state index contributed by atoms with van der Waals surface area (Å²) in [6.45, 7) is 0. The first-order valence-corrected chi connectivity index (χ1v) is 5.75. The summed E-state index contributed by atoms with van der Waals surface area (Å²) in [5, 5.41) is 9.14. The Morgan fingerprint density at radius 1 is 1.39 bits per heavy atom. The van der Waals surface area contributed by atoms with Crippen molar-refractivity contribution in [3.05, 3.63) is 29.1 Å². The minimum atomic E-state index is -0.930. The normalized spacial score (nSPS) is 22.1. The van der Waals surface area contributed by atoms with Gasteiger partial charge in [-0.05, 0) is 18.6 Å². The fourth-order valence-corrected chi connectivity index (χ4v) is 2.30. The zero-order valence-corrected chi connectivity index (χ0v) is 9.85. The Labute approximate surface area is 106 Å². The predicted octanol–water partition coefficient (Wildman–Crippen LogP) is 2.38. The summed E-state index contributed by atoms with van der Waals surface area (Å²) in [5.41, 5.74) is 1.30. The van der Waals surface area contributed by atoms with Crippen LogP contribution >= 0.6 is 11.6 Å². The summed E-state index contributed by atoms with van der Waals surface area (Å²) in [6, 6.07) is 3.06. The molecule has 2 unspecified atom stereocenters. The van der Waals surface area contributed by atoms with Crippen LogP contribution in [-0.2, 0) is 4.79 Å². The number of fused-ring (bicyclic) bond motifs is 1. The number of rotatable bonds is 3. The average molecular weight is 266 g/mol. The van der Waals surface area contributed by atoms with Crippen molar-refractivity contribution in [2.75, 3.05) is 0 Å². The molecule has 1 saturated carbocycles. The van der Waals surface area contributed by atoms with Crippen LogP contribution in [0.5, 0.6) is 0 Å². The fraction of sp³-hybridized carbons (Fsp3) is 0.250. The van der Waals surface area contributed by atoms with Crippen molar-refractivity contribution in [1.29, 1.82) is 0 Å². The van der Waals surface area contributed by atoms with Crippen molar-refractivity contribution in [2.24, 2.45) is 11.8 Å². The third kappa shape index (κ3) is 1.67. The number of carbonyl (C=O) groups is 2. The van der Waals surface area contributed by atoms with Gasteiger partial charge in [-0.25, -0.2) is 4.98 Å². The highest BCUT2D eigenvalue weighted by Crippen LogP contribution is 2.41. The van der Waals surface area contributed by atoms with Gasteiger partial charge in [0.25, 0.3) is 0 Å². The molecule has 1 heterocycles. The van der Waals surface area contributed by atoms with Crippen molar-refractivity contribution < 1.29 is 19.1 Å². The van der Waals surface area contributed by atoms with Crippen LogP contribution in [0.15, 0.2) is 22.9 Å². The van der Waals surface area contributed by atoms with Crippen LogP contribution in [0, 0.1) is 11.8 Å². The zero-order chi connectivity index (χ0) is 12.9. The van der Waals surface area contributed by atoms with Crippen molar-refractivity contribution in [3.8, 4) is 0 Å². The van der Waals surface area contributed by atoms with Crippen molar-refractivity contribution in [2.45, 2.75) is 6.42 Å². The lowest BCUT2D eigenvalue weighted by atomic mass is 10.1. The van der Waals surface area contributed by atoms with Crippen LogP contribution < -0.4 is 0 Å². The second kappa shape index (κ2) is 3.81. The molecule has 0 bridgehead atoms. The summed E-state index contributed by atoms with van der Waals surface area (Å²) in [7, 11) is 0. The van der Waals surface area contributed by atoms with E-state index in [-0.39, 0.29) is 5.78 Å². The van der Waals surface area contributed by atoms with Crippen LogP contribution in [0.1, 0.15) is 16.8 Å². The van der Waals surface area contributed by atoms with E-state index >= 15 is 0 Å². The number of benzene rings is 1. The van der Waals surface area contributed by atoms with Gasteiger partial charge in [0.1, 0.15) is 5.52 Å². The van der Waals surface area contributed by atoms with Crippen molar-refractivity contribution in [3.63, 3.8) is 0 Å². The molecular formula is C12H8ClNO4. The van der Waals surface area contributed by atoms with Gasteiger partial charge in [-0.1, -0.05) is 11.6 Å². The van der Waals surface area contributed by atoms with E-state index in [4.69, 9.17) is 21.1 Å². The molecule has 1 fully saturated rings. The Morgan fingerprint density at radius 2 is 2.17 bits per heavy atom. The van der Waals surface area contributed by atoms with Crippen LogP contribution in [-0.4, -0.2) is 21.8 Å². The molecule has 5 nitrogen and oxygen atoms in total. The van der Waals surface area contributed by atoms with E-state index in [0.717, 1.165) is 0 Å². The Balaban J connectivity index is 1.95. The highest BCUT2D eigenvalue weighted by molar-refractivity contribution is 6.35. The number of Topliss-reactive ketones (excluding diaryl/α,β-unsaturated/α-hetero) is 1. The minimum absolute atomic E-state index is 0.206. The molecule has 18 heavy (non-hydrogen) atoms. The maximum absolute atomic E-state index is 12.1. The first kappa shape index (κ1) is 11.2. The maximum Gasteiger partial charge on any atom is 0.307 e. The lowest BCUT2D eigenvalue weighted by Gasteiger charge is -2.00. The lowest BCUT2D eigenvalue weighted by molar-refractivity contribution is -0.138. The van der Waals surface area contributed by atoms with Gasteiger partial charge < -0.3 is 9.52 Å². The van der Waals surface area contributed by atoms with Gasteiger partial charge in [0.05, 0.1) is 10.9 Å². The van der Waals surface area contributed by atoms with Gasteiger partial charge in [-0.15, -0.1) is 0 Å². The van der Waals surface area contributed by atoms with E-state index in [9.17, 15) is 9.59 Å². The summed E-state index contributed by atoms with van der Waals surface area (Å²) in [4.78, 5) is 26.7. The van der Waals surface area contributed by atoms with Gasteiger partial charge in [0, 0.05) is 11.5 Å². The van der Waals surface area contributed by atoms with E-state index < -0.39 is 17.8 Å². The average Bonchev–Trinajstić information content (AvgIpc) is 2.99. The monoisotopic (exact) mass is 265 g/mol. The molecule has 2 aromatic rings. The number of hydrogen-bond donors (Lipinski definition) is 1. The number of carbonyl (C=O) groups excluding carboxylic acids is 1. The molecule has 0 amide bonds. The van der Waals surface area contributed by atoms with E-state index in [1.165, 1.54) is 12.5 Å². The number of oxazole rings is 1. The number of halogens is 1. The highest BCUT2D eigenvalue weighted by Gasteiger charge is 2.48. The Kier molecular flexibility index (Phi) is 2.38. The molecule has 1 aliphatic carbocycles. The second-order valence-electron chi connectivity index (χ2n) is 4.31. The molecule has 0 spiro atoms. The number of carboxylic acid groups (broad SMARTS) is 1. The molecule has 0 aliphatic heterocycles. The molecule has 92 valence electrons. The second-order valence-corrected chi connectivity index (χ2v) is 4.72. The first-order chi connectivity index (χ1) is 8.58. The standard InChI is InChI=1S/C12H8ClNO4/c13-8-1-5(2-9-10(8)14-4-18-9)11(15)6-3-7(6)12(16)17/h1-2,4,6-7H,3H2,(H,16,17). The lowest BCUT2D eigenvalue weighted by Crippen LogP contribution is -2.08.